The lowest BCUT2D eigenvalue weighted by Gasteiger charge is -2.17. The summed E-state index contributed by atoms with van der Waals surface area (Å²) in [5.41, 5.74) is 2.03. The summed E-state index contributed by atoms with van der Waals surface area (Å²) in [4.78, 5) is 30.3. The first kappa shape index (κ1) is 16.6. The number of rotatable bonds is 4. The van der Waals surface area contributed by atoms with Crippen molar-refractivity contribution in [3.63, 3.8) is 0 Å². The van der Waals surface area contributed by atoms with E-state index >= 15 is 0 Å². The minimum atomic E-state index is -0.476. The third-order valence-corrected chi connectivity index (χ3v) is 4.65. The first-order valence-corrected chi connectivity index (χ1v) is 8.59. The lowest BCUT2D eigenvalue weighted by atomic mass is 10.1. The number of pyridine rings is 1. The average Bonchev–Trinajstić information content (AvgIpc) is 2.99. The quantitative estimate of drug-likeness (QED) is 0.594. The van der Waals surface area contributed by atoms with Crippen LogP contribution in [-0.2, 0) is 16.0 Å². The maximum atomic E-state index is 12.3. The lowest BCUT2D eigenvalue weighted by molar-refractivity contribution is -0.139. The summed E-state index contributed by atoms with van der Waals surface area (Å²) in [5, 5.41) is 0. The molecule has 1 aliphatic rings. The summed E-state index contributed by atoms with van der Waals surface area (Å²) < 4.78 is 5.84. The number of nitrogens with zero attached hydrogens (tertiary/aromatic N) is 2. The van der Waals surface area contributed by atoms with Gasteiger partial charge in [-0.25, -0.2) is 4.98 Å². The van der Waals surface area contributed by atoms with Crippen LogP contribution in [0.2, 0.25) is 0 Å². The van der Waals surface area contributed by atoms with Gasteiger partial charge in [-0.1, -0.05) is 19.1 Å². The zero-order chi connectivity index (χ0) is 17.1. The normalized spacial score (nSPS) is 17.2. The molecule has 1 atom stereocenters. The van der Waals surface area contributed by atoms with Crippen LogP contribution in [-0.4, -0.2) is 23.4 Å². The van der Waals surface area contributed by atoms with Crippen molar-refractivity contribution < 1.29 is 14.3 Å². The Hall–Kier alpha value is -2.21. The van der Waals surface area contributed by atoms with Gasteiger partial charge in [-0.05, 0) is 52.2 Å². The van der Waals surface area contributed by atoms with Crippen LogP contribution in [0.15, 0.2) is 47.2 Å². The number of benzene rings is 1. The smallest absolute Gasteiger partial charge is 0.316 e. The van der Waals surface area contributed by atoms with Crippen molar-refractivity contribution in [2.75, 3.05) is 11.4 Å². The van der Waals surface area contributed by atoms with Crippen molar-refractivity contribution in [3.05, 3.63) is 52.8 Å². The van der Waals surface area contributed by atoms with E-state index in [1.165, 1.54) is 5.56 Å². The highest BCUT2D eigenvalue weighted by Crippen LogP contribution is 2.28. The summed E-state index contributed by atoms with van der Waals surface area (Å²) in [6.07, 6.45) is 2.71. The second-order valence-electron chi connectivity index (χ2n) is 5.64. The zero-order valence-corrected chi connectivity index (χ0v) is 14.8. The van der Waals surface area contributed by atoms with E-state index in [2.05, 4.69) is 27.8 Å². The number of hydrogen-bond donors (Lipinski definition) is 0. The molecule has 6 heteroatoms. The van der Waals surface area contributed by atoms with Crippen LogP contribution in [0.3, 0.4) is 0 Å². The van der Waals surface area contributed by atoms with Gasteiger partial charge in [-0.3, -0.25) is 9.59 Å². The van der Waals surface area contributed by atoms with Crippen LogP contribution in [0.1, 0.15) is 18.9 Å². The van der Waals surface area contributed by atoms with Crippen LogP contribution in [0, 0.1) is 5.92 Å². The Kier molecular flexibility index (Phi) is 4.94. The summed E-state index contributed by atoms with van der Waals surface area (Å²) >= 11 is 3.24. The fourth-order valence-electron chi connectivity index (χ4n) is 2.67. The summed E-state index contributed by atoms with van der Waals surface area (Å²) in [6, 6.07) is 11.2. The Labute approximate surface area is 148 Å². The maximum absolute atomic E-state index is 12.3. The molecule has 0 spiro atoms. The van der Waals surface area contributed by atoms with Gasteiger partial charge in [0.1, 0.15) is 4.60 Å². The van der Waals surface area contributed by atoms with Crippen molar-refractivity contribution in [1.82, 2.24) is 4.98 Å². The second kappa shape index (κ2) is 7.13. The molecule has 1 fully saturated rings. The lowest BCUT2D eigenvalue weighted by Crippen LogP contribution is -2.27. The molecular formula is C18H17BrN2O3. The molecule has 1 amide bonds. The van der Waals surface area contributed by atoms with Crippen molar-refractivity contribution in [1.29, 1.82) is 0 Å². The van der Waals surface area contributed by atoms with Crippen LogP contribution >= 0.6 is 15.9 Å². The number of carbonyl (C=O) groups excluding carboxylic acids is 2. The molecule has 1 aromatic carbocycles. The number of aryl methyl sites for hydroxylation is 1. The predicted molar refractivity (Wildman–Crippen MR) is 93.9 cm³/mol. The van der Waals surface area contributed by atoms with Gasteiger partial charge >= 0.3 is 5.97 Å². The highest BCUT2D eigenvalue weighted by atomic mass is 79.9. The fraction of sp³-hybridized carbons (Fsp3) is 0.278. The average molecular weight is 389 g/mol. The van der Waals surface area contributed by atoms with Crippen molar-refractivity contribution in [3.8, 4) is 5.75 Å². The fourth-order valence-corrected chi connectivity index (χ4v) is 3.00. The second-order valence-corrected chi connectivity index (χ2v) is 6.39. The molecule has 24 heavy (non-hydrogen) atoms. The summed E-state index contributed by atoms with van der Waals surface area (Å²) in [6.45, 7) is 2.42. The minimum absolute atomic E-state index is 0.0635. The minimum Gasteiger partial charge on any atom is -0.423 e. The number of ether oxygens (including phenoxy) is 1. The Morgan fingerprint density at radius 3 is 2.75 bits per heavy atom. The van der Waals surface area contributed by atoms with Crippen molar-refractivity contribution >= 4 is 33.5 Å². The van der Waals surface area contributed by atoms with Crippen LogP contribution in [0.25, 0.3) is 0 Å². The van der Waals surface area contributed by atoms with E-state index in [1.54, 1.807) is 23.2 Å². The van der Waals surface area contributed by atoms with E-state index in [9.17, 15) is 9.59 Å². The monoisotopic (exact) mass is 388 g/mol. The molecule has 3 rings (SSSR count). The number of amides is 1. The molecule has 0 saturated carbocycles. The first-order valence-electron chi connectivity index (χ1n) is 7.80. The molecule has 0 bridgehead atoms. The Morgan fingerprint density at radius 1 is 1.33 bits per heavy atom. The van der Waals surface area contributed by atoms with Gasteiger partial charge in [0.15, 0.2) is 5.75 Å². The number of carbonyl (C=O) groups is 2. The molecule has 0 radical (unpaired) electrons. The van der Waals surface area contributed by atoms with E-state index in [0.29, 0.717) is 16.9 Å². The van der Waals surface area contributed by atoms with Gasteiger partial charge < -0.3 is 9.64 Å². The number of hydrogen-bond acceptors (Lipinski definition) is 4. The summed E-state index contributed by atoms with van der Waals surface area (Å²) in [5.74, 6) is -0.590. The molecular weight excluding hydrogens is 372 g/mol. The molecule has 0 N–H and O–H groups in total. The SMILES string of the molecule is CCc1ccc(N2CC(C(=O)Oc3cccnc3Br)CC2=O)cc1. The van der Waals surface area contributed by atoms with Crippen LogP contribution in [0.5, 0.6) is 5.75 Å². The standard InChI is InChI=1S/C18H17BrN2O3/c1-2-12-5-7-14(8-6-12)21-11-13(10-16(21)22)18(23)24-15-4-3-9-20-17(15)19/h3-9,13H,2,10-11H2,1H3. The van der Waals surface area contributed by atoms with Crippen LogP contribution in [0.4, 0.5) is 5.69 Å². The molecule has 1 aliphatic heterocycles. The molecule has 1 saturated heterocycles. The van der Waals surface area contributed by atoms with Crippen LogP contribution < -0.4 is 9.64 Å². The highest BCUT2D eigenvalue weighted by Gasteiger charge is 2.36. The van der Waals surface area contributed by atoms with Crippen molar-refractivity contribution in [2.24, 2.45) is 5.92 Å². The Bertz CT molecular complexity index is 761. The van der Waals surface area contributed by atoms with Gasteiger partial charge in [0.05, 0.1) is 5.92 Å². The number of esters is 1. The van der Waals surface area contributed by atoms with Gasteiger partial charge in [0, 0.05) is 24.8 Å². The Balaban J connectivity index is 1.69. The van der Waals surface area contributed by atoms with Gasteiger partial charge in [0.2, 0.25) is 5.91 Å². The molecule has 124 valence electrons. The Morgan fingerprint density at radius 2 is 2.08 bits per heavy atom. The van der Waals surface area contributed by atoms with E-state index in [4.69, 9.17) is 4.74 Å². The maximum Gasteiger partial charge on any atom is 0.316 e. The first-order chi connectivity index (χ1) is 11.6. The van der Waals surface area contributed by atoms with E-state index < -0.39 is 11.9 Å². The number of aromatic nitrogens is 1. The zero-order valence-electron chi connectivity index (χ0n) is 13.2. The molecule has 0 aliphatic carbocycles. The summed E-state index contributed by atoms with van der Waals surface area (Å²) in [7, 11) is 0. The third-order valence-electron chi connectivity index (χ3n) is 4.05. The molecule has 1 unspecified atom stereocenters. The van der Waals surface area contributed by atoms with Gasteiger partial charge in [0.25, 0.3) is 0 Å². The number of halogens is 1. The molecule has 2 aromatic rings. The van der Waals surface area contributed by atoms with Crippen molar-refractivity contribution in [2.45, 2.75) is 19.8 Å². The van der Waals surface area contributed by atoms with Gasteiger partial charge in [-0.2, -0.15) is 0 Å². The largest absolute Gasteiger partial charge is 0.423 e. The molecule has 1 aromatic heterocycles. The highest BCUT2D eigenvalue weighted by molar-refractivity contribution is 9.10. The van der Waals surface area contributed by atoms with E-state index in [-0.39, 0.29) is 12.3 Å². The predicted octanol–water partition coefficient (Wildman–Crippen LogP) is 3.37. The van der Waals surface area contributed by atoms with E-state index in [1.807, 2.05) is 24.3 Å². The topological polar surface area (TPSA) is 59.5 Å². The molecule has 5 nitrogen and oxygen atoms in total. The van der Waals surface area contributed by atoms with E-state index in [0.717, 1.165) is 12.1 Å². The number of anilines is 1. The third kappa shape index (κ3) is 3.48. The molecule has 2 heterocycles. The van der Waals surface area contributed by atoms with Gasteiger partial charge in [-0.15, -0.1) is 0 Å².